The van der Waals surface area contributed by atoms with Gasteiger partial charge in [-0.15, -0.1) is 11.3 Å². The van der Waals surface area contributed by atoms with E-state index in [0.717, 1.165) is 37.4 Å². The smallest absolute Gasteiger partial charge is 0.322 e. The number of ether oxygens (including phenoxy) is 1. The van der Waals surface area contributed by atoms with Crippen LogP contribution in [0.3, 0.4) is 0 Å². The molecule has 4 aromatic rings. The molecule has 1 aliphatic rings. The molecule has 0 saturated heterocycles. The summed E-state index contributed by atoms with van der Waals surface area (Å²) in [6.45, 7) is 1.78. The molecule has 1 atom stereocenters. The Bertz CT molecular complexity index is 1460. The van der Waals surface area contributed by atoms with Gasteiger partial charge in [0.15, 0.2) is 0 Å². The van der Waals surface area contributed by atoms with Crippen molar-refractivity contribution in [3.8, 4) is 33.1 Å². The van der Waals surface area contributed by atoms with Crippen LogP contribution in [-0.4, -0.2) is 29.8 Å². The number of nitrogens with zero attached hydrogens (tertiary/aromatic N) is 1. The number of benzene rings is 3. The Morgan fingerprint density at radius 2 is 1.51 bits per heavy atom. The fourth-order valence-electron chi connectivity index (χ4n) is 4.18. The van der Waals surface area contributed by atoms with Gasteiger partial charge in [0.05, 0.1) is 11.4 Å². The van der Waals surface area contributed by atoms with E-state index in [-0.39, 0.29) is 17.9 Å². The number of fused-ring (bicyclic) bond motifs is 1. The Balaban J connectivity index is 1.33. The highest BCUT2D eigenvalue weighted by Gasteiger charge is 2.43. The fraction of sp³-hybridized carbons (Fsp3) is 0.148. The number of para-hydroxylation sites is 1. The number of carboxylic acids is 1. The third-order valence-electron chi connectivity index (χ3n) is 6.01. The molecule has 0 saturated carbocycles. The standard InChI is InChI=1S/C27H23NO5S2/c1-2-23(27(29)30)28-17-25-26(35(28,31)32)16-24(34-25)20-10-8-18(9-11-20)19-12-14-22(15-13-19)33-21-6-4-3-5-7-21/h3-16,23H,2,17H2,1H3,(H,29,30). The zero-order valence-corrected chi connectivity index (χ0v) is 20.6. The van der Waals surface area contributed by atoms with Crippen LogP contribution < -0.4 is 4.74 Å². The first-order valence-corrected chi connectivity index (χ1v) is 13.4. The number of thiophene rings is 1. The molecule has 0 bridgehead atoms. The molecule has 5 rings (SSSR count). The molecule has 0 fully saturated rings. The highest BCUT2D eigenvalue weighted by molar-refractivity contribution is 7.89. The van der Waals surface area contributed by atoms with Gasteiger partial charge in [0, 0.05) is 9.75 Å². The van der Waals surface area contributed by atoms with Crippen molar-refractivity contribution < 1.29 is 23.1 Å². The third-order valence-corrected chi connectivity index (χ3v) is 9.23. The quantitative estimate of drug-likeness (QED) is 0.321. The molecule has 0 aliphatic carbocycles. The maximum Gasteiger partial charge on any atom is 0.322 e. The lowest BCUT2D eigenvalue weighted by molar-refractivity contribution is -0.141. The van der Waals surface area contributed by atoms with E-state index in [0.29, 0.717) is 4.88 Å². The molecule has 35 heavy (non-hydrogen) atoms. The van der Waals surface area contributed by atoms with Crippen molar-refractivity contribution in [3.05, 3.63) is 89.8 Å². The Morgan fingerprint density at radius 1 is 0.943 bits per heavy atom. The number of hydrogen-bond acceptors (Lipinski definition) is 5. The van der Waals surface area contributed by atoms with Gasteiger partial charge in [-0.1, -0.05) is 61.5 Å². The molecule has 1 unspecified atom stereocenters. The average molecular weight is 506 g/mol. The van der Waals surface area contributed by atoms with E-state index in [1.807, 2.05) is 78.9 Å². The van der Waals surface area contributed by atoms with E-state index in [9.17, 15) is 18.3 Å². The number of hydrogen-bond donors (Lipinski definition) is 1. The minimum atomic E-state index is -3.82. The first-order chi connectivity index (χ1) is 16.9. The van der Waals surface area contributed by atoms with Crippen molar-refractivity contribution in [1.82, 2.24) is 4.31 Å². The minimum absolute atomic E-state index is 0.0998. The molecule has 2 heterocycles. The first kappa shape index (κ1) is 23.3. The van der Waals surface area contributed by atoms with Crippen molar-refractivity contribution in [3.63, 3.8) is 0 Å². The molecule has 8 heteroatoms. The summed E-state index contributed by atoms with van der Waals surface area (Å²) in [6.07, 6.45) is 0.219. The number of aliphatic carboxylic acids is 1. The van der Waals surface area contributed by atoms with Gasteiger partial charge in [0.1, 0.15) is 17.5 Å². The summed E-state index contributed by atoms with van der Waals surface area (Å²) < 4.78 is 32.9. The van der Waals surface area contributed by atoms with Crippen LogP contribution in [0.5, 0.6) is 11.5 Å². The van der Waals surface area contributed by atoms with E-state index >= 15 is 0 Å². The number of sulfonamides is 1. The van der Waals surface area contributed by atoms with Crippen LogP contribution in [0.25, 0.3) is 21.6 Å². The van der Waals surface area contributed by atoms with Gasteiger partial charge in [-0.05, 0) is 53.4 Å². The van der Waals surface area contributed by atoms with Crippen molar-refractivity contribution in [2.45, 2.75) is 30.8 Å². The largest absolute Gasteiger partial charge is 0.480 e. The maximum atomic E-state index is 13.0. The van der Waals surface area contributed by atoms with Crippen molar-refractivity contribution >= 4 is 27.3 Å². The number of rotatable bonds is 7. The Morgan fingerprint density at radius 3 is 2.09 bits per heavy atom. The molecular formula is C27H23NO5S2. The molecule has 1 aromatic heterocycles. The SMILES string of the molecule is CCC(C(=O)O)N1Cc2sc(-c3ccc(-c4ccc(Oc5ccccc5)cc4)cc3)cc2S1(=O)=O. The molecule has 6 nitrogen and oxygen atoms in total. The lowest BCUT2D eigenvalue weighted by atomic mass is 10.0. The second kappa shape index (κ2) is 9.30. The van der Waals surface area contributed by atoms with Crippen LogP contribution in [0.2, 0.25) is 0 Å². The van der Waals surface area contributed by atoms with Crippen molar-refractivity contribution in [2.24, 2.45) is 0 Å². The van der Waals surface area contributed by atoms with Gasteiger partial charge >= 0.3 is 5.97 Å². The van der Waals surface area contributed by atoms with E-state index < -0.39 is 22.0 Å². The summed E-state index contributed by atoms with van der Waals surface area (Å²) in [6, 6.07) is 26.0. The van der Waals surface area contributed by atoms with E-state index in [2.05, 4.69) is 0 Å². The zero-order chi connectivity index (χ0) is 24.6. The summed E-state index contributed by atoms with van der Waals surface area (Å²) in [5.41, 5.74) is 3.00. The molecule has 1 aliphatic heterocycles. The van der Waals surface area contributed by atoms with Gasteiger partial charge in [0.25, 0.3) is 0 Å². The van der Waals surface area contributed by atoms with Crippen LogP contribution in [-0.2, 0) is 21.4 Å². The molecule has 0 amide bonds. The summed E-state index contributed by atoms with van der Waals surface area (Å²) in [5.74, 6) is 0.417. The lowest BCUT2D eigenvalue weighted by Crippen LogP contribution is -2.40. The van der Waals surface area contributed by atoms with E-state index in [1.165, 1.54) is 11.3 Å². The Hall–Kier alpha value is -3.46. The normalized spacial score (nSPS) is 15.5. The zero-order valence-electron chi connectivity index (χ0n) is 18.9. The topological polar surface area (TPSA) is 83.9 Å². The van der Waals surface area contributed by atoms with E-state index in [4.69, 9.17) is 4.74 Å². The first-order valence-electron chi connectivity index (χ1n) is 11.2. The summed E-state index contributed by atoms with van der Waals surface area (Å²) in [7, 11) is -3.82. The van der Waals surface area contributed by atoms with Crippen molar-refractivity contribution in [2.75, 3.05) is 0 Å². The summed E-state index contributed by atoms with van der Waals surface area (Å²) in [4.78, 5) is 13.3. The second-order valence-corrected chi connectivity index (χ2v) is 11.2. The number of carboxylic acid groups (broad SMARTS) is 1. The predicted octanol–water partition coefficient (Wildman–Crippen LogP) is 6.24. The van der Waals surface area contributed by atoms with Crippen LogP contribution >= 0.6 is 11.3 Å². The number of carbonyl (C=O) groups is 1. The molecule has 178 valence electrons. The Labute approximate surface area is 208 Å². The molecule has 0 radical (unpaired) electrons. The van der Waals surface area contributed by atoms with Crippen LogP contribution in [0.1, 0.15) is 18.2 Å². The van der Waals surface area contributed by atoms with Gasteiger partial charge in [-0.2, -0.15) is 4.31 Å². The van der Waals surface area contributed by atoms with Gasteiger partial charge in [0.2, 0.25) is 10.0 Å². The second-order valence-electron chi connectivity index (χ2n) is 8.23. The fourth-order valence-corrected chi connectivity index (χ4v) is 7.58. The Kier molecular flexibility index (Phi) is 6.19. The van der Waals surface area contributed by atoms with Crippen LogP contribution in [0.4, 0.5) is 0 Å². The van der Waals surface area contributed by atoms with E-state index in [1.54, 1.807) is 13.0 Å². The molecule has 3 aromatic carbocycles. The van der Waals surface area contributed by atoms with Gasteiger partial charge < -0.3 is 9.84 Å². The maximum absolute atomic E-state index is 13.0. The van der Waals surface area contributed by atoms with Gasteiger partial charge in [-0.25, -0.2) is 8.42 Å². The molecule has 1 N–H and O–H groups in total. The third kappa shape index (κ3) is 4.48. The molecule has 0 spiro atoms. The lowest BCUT2D eigenvalue weighted by Gasteiger charge is -2.21. The predicted molar refractivity (Wildman–Crippen MR) is 136 cm³/mol. The van der Waals surface area contributed by atoms with Crippen LogP contribution in [0, 0.1) is 0 Å². The van der Waals surface area contributed by atoms with Crippen LogP contribution in [0.15, 0.2) is 89.8 Å². The highest BCUT2D eigenvalue weighted by Crippen LogP contribution is 2.42. The van der Waals surface area contributed by atoms with Crippen molar-refractivity contribution in [1.29, 1.82) is 0 Å². The summed E-state index contributed by atoms with van der Waals surface area (Å²) >= 11 is 1.39. The average Bonchev–Trinajstić information content (AvgIpc) is 3.39. The monoisotopic (exact) mass is 505 g/mol. The van der Waals surface area contributed by atoms with Gasteiger partial charge in [-0.3, -0.25) is 4.79 Å². The summed E-state index contributed by atoms with van der Waals surface area (Å²) in [5, 5.41) is 9.41. The highest BCUT2D eigenvalue weighted by atomic mass is 32.2. The molecular weight excluding hydrogens is 482 g/mol. The minimum Gasteiger partial charge on any atom is -0.480 e.